The molecule has 38 heavy (non-hydrogen) atoms. The molecule has 0 spiro atoms. The number of benzene rings is 1. The molecule has 0 aliphatic carbocycles. The summed E-state index contributed by atoms with van der Waals surface area (Å²) in [5.74, 6) is 0.0436. The second-order valence-corrected chi connectivity index (χ2v) is 10.8. The Hall–Kier alpha value is -2.47. The van der Waals surface area contributed by atoms with Crippen molar-refractivity contribution in [1.82, 2.24) is 19.4 Å². The van der Waals surface area contributed by atoms with Crippen LogP contribution in [0.15, 0.2) is 18.2 Å². The van der Waals surface area contributed by atoms with Crippen LogP contribution in [0.25, 0.3) is 0 Å². The molecule has 0 radical (unpaired) electrons. The van der Waals surface area contributed by atoms with Crippen LogP contribution in [0.1, 0.15) is 25.8 Å². The van der Waals surface area contributed by atoms with Gasteiger partial charge in [0.15, 0.2) is 0 Å². The fraction of sp³-hybridized carbons (Fsp3) is 0.538. The summed E-state index contributed by atoms with van der Waals surface area (Å²) in [7, 11) is -0.153. The predicted molar refractivity (Wildman–Crippen MR) is 156 cm³/mol. The topological polar surface area (TPSA) is 99.3 Å². The van der Waals surface area contributed by atoms with Gasteiger partial charge in [-0.2, -0.15) is 0 Å². The van der Waals surface area contributed by atoms with Crippen molar-refractivity contribution in [2.45, 2.75) is 32.7 Å². The maximum absolute atomic E-state index is 13.0. The number of nitrogens with one attached hydrogen (secondary N) is 1. The molecule has 0 saturated carbocycles. The van der Waals surface area contributed by atoms with Gasteiger partial charge >= 0.3 is 6.09 Å². The Morgan fingerprint density at radius 1 is 1.05 bits per heavy atom. The highest BCUT2D eigenvalue weighted by molar-refractivity contribution is 7.88. The lowest BCUT2D eigenvalue weighted by Gasteiger charge is -2.42. The van der Waals surface area contributed by atoms with Crippen LogP contribution < -0.4 is 4.72 Å². The molecule has 1 N–H and O–H groups in total. The lowest BCUT2D eigenvalue weighted by atomic mass is 10.1. The second kappa shape index (κ2) is 19.6. The molecule has 0 unspecified atom stereocenters. The van der Waals surface area contributed by atoms with Gasteiger partial charge in [0.05, 0.1) is 35.9 Å². The van der Waals surface area contributed by atoms with Crippen LogP contribution in [-0.4, -0.2) is 101 Å². The molecule has 12 heteroatoms. The molecule has 2 fully saturated rings. The van der Waals surface area contributed by atoms with Gasteiger partial charge in [-0.1, -0.05) is 36.7 Å². The maximum atomic E-state index is 13.0. The molecule has 2 amide bonds. The van der Waals surface area contributed by atoms with Gasteiger partial charge in [0.1, 0.15) is 0 Å². The first-order valence-electron chi connectivity index (χ1n) is 11.4. The number of piperazine rings is 1. The first kappa shape index (κ1) is 37.7. The molecule has 1 aromatic rings. The van der Waals surface area contributed by atoms with Crippen LogP contribution in [0.4, 0.5) is 4.79 Å². The highest BCUT2D eigenvalue weighted by atomic mass is 35.5. The lowest BCUT2D eigenvalue weighted by molar-refractivity contribution is -0.135. The second-order valence-electron chi connectivity index (χ2n) is 8.07. The van der Waals surface area contributed by atoms with Crippen molar-refractivity contribution < 1.29 is 22.7 Å². The molecule has 1 atom stereocenters. The SMILES string of the molecule is C.C#C.C#C.CNS(C)(=O)=O.COC(=O)N1CCN(C(=O)Cc2ccc(Cl)c(Cl)c2)[C@H](CN2CCCC2)C1. The van der Waals surface area contributed by atoms with E-state index in [2.05, 4.69) is 35.3 Å². The third-order valence-electron chi connectivity index (χ3n) is 5.61. The Kier molecular flexibility index (Phi) is 19.4. The van der Waals surface area contributed by atoms with E-state index in [0.717, 1.165) is 31.5 Å². The number of halogens is 2. The molecule has 2 heterocycles. The van der Waals surface area contributed by atoms with Crippen LogP contribution in [0.2, 0.25) is 10.0 Å². The van der Waals surface area contributed by atoms with E-state index in [9.17, 15) is 18.0 Å². The number of carbonyl (C=O) groups excluding carboxylic acids is 2. The van der Waals surface area contributed by atoms with Gasteiger partial charge in [-0.25, -0.2) is 17.9 Å². The minimum Gasteiger partial charge on any atom is -0.453 e. The van der Waals surface area contributed by atoms with Crippen molar-refractivity contribution in [3.63, 3.8) is 0 Å². The minimum atomic E-state index is -2.91. The van der Waals surface area contributed by atoms with E-state index in [-0.39, 0.29) is 31.9 Å². The van der Waals surface area contributed by atoms with Crippen molar-refractivity contribution in [2.75, 3.05) is 59.7 Å². The van der Waals surface area contributed by atoms with E-state index in [4.69, 9.17) is 27.9 Å². The fourth-order valence-corrected chi connectivity index (χ4v) is 4.14. The van der Waals surface area contributed by atoms with E-state index < -0.39 is 10.0 Å². The zero-order valence-corrected chi connectivity index (χ0v) is 23.9. The number of carbonyl (C=O) groups is 2. The zero-order chi connectivity index (χ0) is 28.6. The molecular weight excluding hydrogens is 551 g/mol. The van der Waals surface area contributed by atoms with Crippen molar-refractivity contribution in [3.8, 4) is 25.7 Å². The van der Waals surface area contributed by atoms with Gasteiger partial charge in [0, 0.05) is 26.2 Å². The number of hydrogen-bond donors (Lipinski definition) is 1. The van der Waals surface area contributed by atoms with Crippen molar-refractivity contribution >= 4 is 45.2 Å². The molecule has 3 rings (SSSR count). The molecule has 0 bridgehead atoms. The van der Waals surface area contributed by atoms with Crippen LogP contribution in [0, 0.1) is 25.7 Å². The van der Waals surface area contributed by atoms with Crippen LogP contribution in [0.3, 0.4) is 0 Å². The highest BCUT2D eigenvalue weighted by Gasteiger charge is 2.34. The number of nitrogens with zero attached hydrogens (tertiary/aromatic N) is 3. The average molecular weight is 592 g/mol. The summed E-state index contributed by atoms with van der Waals surface area (Å²) in [5.41, 5.74) is 0.838. The molecule has 2 aliphatic rings. The van der Waals surface area contributed by atoms with Crippen LogP contribution in [-0.2, 0) is 26.0 Å². The number of likely N-dealkylation sites (tertiary alicyclic amines) is 1. The average Bonchev–Trinajstić information content (AvgIpc) is 3.41. The quantitative estimate of drug-likeness (QED) is 0.529. The molecule has 2 aliphatic heterocycles. The number of rotatable bonds is 5. The van der Waals surface area contributed by atoms with E-state index in [1.165, 1.54) is 27.0 Å². The number of ether oxygens (including phenoxy) is 1. The molecule has 0 aromatic heterocycles. The third-order valence-corrected chi connectivity index (χ3v) is 7.09. The third kappa shape index (κ3) is 13.4. The predicted octanol–water partition coefficient (Wildman–Crippen LogP) is 3.21. The summed E-state index contributed by atoms with van der Waals surface area (Å²) < 4.78 is 26.7. The van der Waals surface area contributed by atoms with E-state index in [0.29, 0.717) is 29.7 Å². The molecular formula is C26H40Cl2N4O5S. The number of terminal acetylenes is 2. The van der Waals surface area contributed by atoms with Gasteiger partial charge in [-0.3, -0.25) is 4.79 Å². The van der Waals surface area contributed by atoms with Gasteiger partial charge in [-0.05, 0) is 50.7 Å². The molecule has 214 valence electrons. The van der Waals surface area contributed by atoms with Crippen molar-refractivity contribution in [1.29, 1.82) is 0 Å². The highest BCUT2D eigenvalue weighted by Crippen LogP contribution is 2.24. The number of hydrogen-bond acceptors (Lipinski definition) is 6. The summed E-state index contributed by atoms with van der Waals surface area (Å²) in [5, 5.41) is 0.928. The monoisotopic (exact) mass is 590 g/mol. The normalized spacial score (nSPS) is 16.7. The number of amides is 2. The van der Waals surface area contributed by atoms with E-state index in [1.807, 2.05) is 11.0 Å². The summed E-state index contributed by atoms with van der Waals surface area (Å²) in [4.78, 5) is 30.9. The van der Waals surface area contributed by atoms with Crippen LogP contribution >= 0.6 is 23.2 Å². The van der Waals surface area contributed by atoms with Gasteiger partial charge < -0.3 is 19.4 Å². The van der Waals surface area contributed by atoms with E-state index in [1.54, 1.807) is 17.0 Å². The Morgan fingerprint density at radius 3 is 2.08 bits per heavy atom. The minimum absolute atomic E-state index is 0. The van der Waals surface area contributed by atoms with Crippen molar-refractivity contribution in [3.05, 3.63) is 33.8 Å². The van der Waals surface area contributed by atoms with Crippen molar-refractivity contribution in [2.24, 2.45) is 0 Å². The largest absolute Gasteiger partial charge is 0.453 e. The zero-order valence-electron chi connectivity index (χ0n) is 21.5. The van der Waals surface area contributed by atoms with Gasteiger partial charge in [0.25, 0.3) is 0 Å². The Labute approximate surface area is 238 Å². The number of methoxy groups -OCH3 is 1. The molecule has 2 saturated heterocycles. The first-order chi connectivity index (χ1) is 17.5. The van der Waals surface area contributed by atoms with Crippen LogP contribution in [0.5, 0.6) is 0 Å². The summed E-state index contributed by atoms with van der Waals surface area (Å²) in [6, 6.07) is 5.24. The Balaban J connectivity index is 0. The first-order valence-corrected chi connectivity index (χ1v) is 14.0. The Morgan fingerprint density at radius 2 is 1.61 bits per heavy atom. The standard InChI is InChI=1S/C19H25Cl2N3O3.C2H7NO2S.2C2H2.CH4/c1-27-19(26)23-8-9-24(15(13-23)12-22-6-2-3-7-22)18(25)11-14-4-5-16(20)17(21)10-14;1-3-6(2,4)5;2*1-2;/h4-5,10,15H,2-3,6-9,11-13H2,1H3;3H,1-2H3;2*1-2H;1H4/t15-;;;;/m1..../s1. The van der Waals surface area contributed by atoms with Gasteiger partial charge in [0.2, 0.25) is 15.9 Å². The van der Waals surface area contributed by atoms with E-state index >= 15 is 0 Å². The maximum Gasteiger partial charge on any atom is 0.409 e. The summed E-state index contributed by atoms with van der Waals surface area (Å²) >= 11 is 12.0. The Bertz CT molecular complexity index is 1010. The lowest BCUT2D eigenvalue weighted by Crippen LogP contribution is -2.59. The summed E-state index contributed by atoms with van der Waals surface area (Å²) in [6.45, 7) is 4.36. The summed E-state index contributed by atoms with van der Waals surface area (Å²) in [6.07, 6.45) is 19.4. The van der Waals surface area contributed by atoms with Gasteiger partial charge in [-0.15, -0.1) is 25.7 Å². The smallest absolute Gasteiger partial charge is 0.409 e. The molecule has 9 nitrogen and oxygen atoms in total. The number of sulfonamides is 1. The fourth-order valence-electron chi connectivity index (χ4n) is 3.82. The molecule has 1 aromatic carbocycles.